The summed E-state index contributed by atoms with van der Waals surface area (Å²) in [4.78, 5) is 2.76. The van der Waals surface area contributed by atoms with Gasteiger partial charge < -0.3 is 14.9 Å². The molecule has 0 amide bonds. The zero-order valence-electron chi connectivity index (χ0n) is 14.9. The predicted molar refractivity (Wildman–Crippen MR) is 94.0 cm³/mol. The van der Waals surface area contributed by atoms with E-state index in [1.54, 1.807) is 6.07 Å². The van der Waals surface area contributed by atoms with Crippen LogP contribution in [0.4, 0.5) is 0 Å². The fraction of sp³-hybridized carbons (Fsp3) is 0.714. The minimum absolute atomic E-state index is 0.121. The molecule has 5 aliphatic rings. The quantitative estimate of drug-likeness (QED) is 0.868. The standard InChI is InChI=1S/C21H27NO3/c1-20-7-6-15(24)19-21(20)8-9-22(11-12-2-3-12)16(20)10-13-4-5-14(23)18(25-19)17(13)21/h4-5,12,15-16,19,23-24H,2-3,6-11H2,1H3/t15-,16?,19+,20+,21+/m1/s1. The third-order valence-electron chi connectivity index (χ3n) is 8.30. The Morgan fingerprint density at radius 1 is 1.24 bits per heavy atom. The van der Waals surface area contributed by atoms with Crippen molar-refractivity contribution in [3.05, 3.63) is 23.3 Å². The van der Waals surface area contributed by atoms with Crippen LogP contribution < -0.4 is 4.74 Å². The molecular formula is C21H27NO3. The van der Waals surface area contributed by atoms with Gasteiger partial charge in [-0.1, -0.05) is 13.0 Å². The van der Waals surface area contributed by atoms with Crippen molar-refractivity contribution >= 4 is 0 Å². The monoisotopic (exact) mass is 341 g/mol. The molecule has 3 aliphatic carbocycles. The summed E-state index contributed by atoms with van der Waals surface area (Å²) < 4.78 is 6.30. The molecule has 1 aromatic carbocycles. The Labute approximate surface area is 148 Å². The maximum Gasteiger partial charge on any atom is 0.165 e. The van der Waals surface area contributed by atoms with Crippen molar-refractivity contribution in [1.29, 1.82) is 0 Å². The Morgan fingerprint density at radius 3 is 2.88 bits per heavy atom. The smallest absolute Gasteiger partial charge is 0.165 e. The Hall–Kier alpha value is -1.26. The van der Waals surface area contributed by atoms with E-state index in [0.717, 1.165) is 38.1 Å². The average molecular weight is 341 g/mol. The van der Waals surface area contributed by atoms with Crippen LogP contribution in [0.25, 0.3) is 0 Å². The summed E-state index contributed by atoms with van der Waals surface area (Å²) in [7, 11) is 0. The Morgan fingerprint density at radius 2 is 2.08 bits per heavy atom. The van der Waals surface area contributed by atoms with Crippen LogP contribution in [0.5, 0.6) is 11.5 Å². The zero-order chi connectivity index (χ0) is 17.0. The molecule has 2 saturated carbocycles. The van der Waals surface area contributed by atoms with Crippen molar-refractivity contribution in [2.24, 2.45) is 11.3 Å². The molecule has 4 heteroatoms. The topological polar surface area (TPSA) is 52.9 Å². The van der Waals surface area contributed by atoms with Crippen molar-refractivity contribution in [2.45, 2.75) is 69.1 Å². The SMILES string of the molecule is C[C@@]12CC[C@@H](O)[C@@H]3Oc4c(O)ccc5c4[C@@]31CCN(CC1CC1)C2C5. The van der Waals surface area contributed by atoms with Gasteiger partial charge in [-0.2, -0.15) is 0 Å². The number of benzene rings is 1. The first kappa shape index (κ1) is 14.9. The number of ether oxygens (including phenoxy) is 1. The second-order valence-corrected chi connectivity index (χ2v) is 9.39. The second kappa shape index (κ2) is 4.52. The Balaban J connectivity index is 1.57. The van der Waals surface area contributed by atoms with Gasteiger partial charge in [-0.3, -0.25) is 4.90 Å². The Bertz CT molecular complexity index is 760. The van der Waals surface area contributed by atoms with Crippen LogP contribution in [0.3, 0.4) is 0 Å². The van der Waals surface area contributed by atoms with Crippen LogP contribution in [0.15, 0.2) is 12.1 Å². The fourth-order valence-corrected chi connectivity index (χ4v) is 6.91. The molecule has 1 saturated heterocycles. The first-order chi connectivity index (χ1) is 12.0. The minimum Gasteiger partial charge on any atom is -0.504 e. The number of phenolic OH excluding ortho intramolecular Hbond substituents is 1. The van der Waals surface area contributed by atoms with Gasteiger partial charge in [0.05, 0.1) is 6.10 Å². The molecule has 25 heavy (non-hydrogen) atoms. The number of hydrogen-bond donors (Lipinski definition) is 2. The third-order valence-corrected chi connectivity index (χ3v) is 8.30. The highest BCUT2D eigenvalue weighted by atomic mass is 16.5. The van der Waals surface area contributed by atoms with Gasteiger partial charge in [-0.15, -0.1) is 0 Å². The number of nitrogens with zero attached hydrogens (tertiary/aromatic N) is 1. The van der Waals surface area contributed by atoms with Crippen LogP contribution in [0.1, 0.15) is 50.2 Å². The second-order valence-electron chi connectivity index (χ2n) is 9.39. The van der Waals surface area contributed by atoms with Gasteiger partial charge in [-0.25, -0.2) is 0 Å². The van der Waals surface area contributed by atoms with Gasteiger partial charge in [0.2, 0.25) is 0 Å². The molecule has 6 rings (SSSR count). The molecule has 0 radical (unpaired) electrons. The van der Waals surface area contributed by atoms with Crippen LogP contribution >= 0.6 is 0 Å². The van der Waals surface area contributed by atoms with Gasteiger partial charge in [0.1, 0.15) is 6.10 Å². The summed E-state index contributed by atoms with van der Waals surface area (Å²) in [6.07, 6.45) is 6.11. The minimum atomic E-state index is -0.429. The van der Waals surface area contributed by atoms with Crippen molar-refractivity contribution in [1.82, 2.24) is 4.90 Å². The number of aliphatic hydroxyl groups is 1. The van der Waals surface area contributed by atoms with Crippen molar-refractivity contribution in [3.8, 4) is 11.5 Å². The van der Waals surface area contributed by atoms with E-state index in [9.17, 15) is 10.2 Å². The molecule has 2 aliphatic heterocycles. The van der Waals surface area contributed by atoms with Crippen molar-refractivity contribution < 1.29 is 14.9 Å². The van der Waals surface area contributed by atoms with E-state index in [1.165, 1.54) is 30.5 Å². The van der Waals surface area contributed by atoms with Crippen molar-refractivity contribution in [3.63, 3.8) is 0 Å². The van der Waals surface area contributed by atoms with Gasteiger partial charge in [0, 0.05) is 23.6 Å². The molecule has 3 fully saturated rings. The number of aliphatic hydroxyl groups excluding tert-OH is 1. The molecule has 1 spiro atoms. The number of rotatable bonds is 2. The lowest BCUT2D eigenvalue weighted by atomic mass is 9.44. The largest absolute Gasteiger partial charge is 0.504 e. The summed E-state index contributed by atoms with van der Waals surface area (Å²) in [5.74, 6) is 1.82. The van der Waals surface area contributed by atoms with E-state index in [4.69, 9.17) is 4.74 Å². The van der Waals surface area contributed by atoms with E-state index in [-0.39, 0.29) is 22.7 Å². The Kier molecular flexibility index (Phi) is 2.69. The number of aromatic hydroxyl groups is 1. The van der Waals surface area contributed by atoms with E-state index < -0.39 is 6.10 Å². The maximum atomic E-state index is 10.8. The maximum absolute atomic E-state index is 10.8. The lowest BCUT2D eigenvalue weighted by Crippen LogP contribution is -2.72. The third kappa shape index (κ3) is 1.62. The lowest BCUT2D eigenvalue weighted by molar-refractivity contribution is -0.153. The van der Waals surface area contributed by atoms with Crippen LogP contribution in [-0.2, 0) is 11.8 Å². The number of hydrogen-bond acceptors (Lipinski definition) is 4. The highest BCUT2D eigenvalue weighted by Crippen LogP contribution is 2.69. The molecule has 2 bridgehead atoms. The normalized spacial score (nSPS) is 44.3. The first-order valence-corrected chi connectivity index (χ1v) is 9.99. The number of phenols is 1. The van der Waals surface area contributed by atoms with Gasteiger partial charge >= 0.3 is 0 Å². The van der Waals surface area contributed by atoms with E-state index >= 15 is 0 Å². The zero-order valence-corrected chi connectivity index (χ0v) is 14.9. The summed E-state index contributed by atoms with van der Waals surface area (Å²) in [5.41, 5.74) is 2.57. The molecule has 0 aromatic heterocycles. The molecule has 1 unspecified atom stereocenters. The molecule has 134 valence electrons. The van der Waals surface area contributed by atoms with Crippen LogP contribution in [0.2, 0.25) is 0 Å². The highest BCUT2D eigenvalue weighted by molar-refractivity contribution is 5.61. The molecule has 2 N–H and O–H groups in total. The molecular weight excluding hydrogens is 314 g/mol. The van der Waals surface area contributed by atoms with Gasteiger partial charge in [0.15, 0.2) is 11.5 Å². The summed E-state index contributed by atoms with van der Waals surface area (Å²) in [6.45, 7) is 4.78. The van der Waals surface area contributed by atoms with Gasteiger partial charge in [0.25, 0.3) is 0 Å². The van der Waals surface area contributed by atoms with Crippen LogP contribution in [0, 0.1) is 11.3 Å². The number of likely N-dealkylation sites (tertiary alicyclic amines) is 1. The number of piperidine rings is 1. The lowest BCUT2D eigenvalue weighted by Gasteiger charge is -2.65. The summed E-state index contributed by atoms with van der Waals surface area (Å²) in [5, 5.41) is 21.2. The average Bonchev–Trinajstić information content (AvgIpc) is 3.32. The summed E-state index contributed by atoms with van der Waals surface area (Å²) >= 11 is 0. The van der Waals surface area contributed by atoms with E-state index in [2.05, 4.69) is 17.9 Å². The first-order valence-electron chi connectivity index (χ1n) is 9.99. The van der Waals surface area contributed by atoms with E-state index in [0.29, 0.717) is 11.8 Å². The fourth-order valence-electron chi connectivity index (χ4n) is 6.91. The summed E-state index contributed by atoms with van der Waals surface area (Å²) in [6, 6.07) is 4.43. The van der Waals surface area contributed by atoms with E-state index in [1.807, 2.05) is 0 Å². The molecule has 4 nitrogen and oxygen atoms in total. The molecule has 5 atom stereocenters. The van der Waals surface area contributed by atoms with Crippen molar-refractivity contribution in [2.75, 3.05) is 13.1 Å². The molecule has 2 heterocycles. The van der Waals surface area contributed by atoms with Gasteiger partial charge in [-0.05, 0) is 68.0 Å². The molecule has 1 aromatic rings. The van der Waals surface area contributed by atoms with Crippen LogP contribution in [-0.4, -0.2) is 46.5 Å². The predicted octanol–water partition coefficient (Wildman–Crippen LogP) is 2.59. The highest BCUT2D eigenvalue weighted by Gasteiger charge is 2.71.